The lowest BCUT2D eigenvalue weighted by molar-refractivity contribution is -0.118. The highest BCUT2D eigenvalue weighted by Crippen LogP contribution is 2.39. The summed E-state index contributed by atoms with van der Waals surface area (Å²) in [7, 11) is 0. The van der Waals surface area contributed by atoms with Crippen molar-refractivity contribution < 1.29 is 19.7 Å². The molecule has 1 unspecified atom stereocenters. The second-order valence-electron chi connectivity index (χ2n) is 5.88. The molecule has 0 aliphatic carbocycles. The van der Waals surface area contributed by atoms with Crippen molar-refractivity contribution in [1.29, 1.82) is 0 Å². The number of aliphatic hydroxyl groups is 1. The third-order valence-electron chi connectivity index (χ3n) is 2.89. The number of ether oxygens (including phenoxy) is 1. The van der Waals surface area contributed by atoms with E-state index in [2.05, 4.69) is 10.6 Å². The van der Waals surface area contributed by atoms with Crippen LogP contribution in [0.3, 0.4) is 0 Å². The van der Waals surface area contributed by atoms with Crippen molar-refractivity contribution in [3.63, 3.8) is 0 Å². The summed E-state index contributed by atoms with van der Waals surface area (Å²) in [6, 6.07) is 2.57. The Balaban J connectivity index is 2.42. The van der Waals surface area contributed by atoms with Crippen LogP contribution in [0.4, 0.5) is 5.69 Å². The number of anilines is 1. The van der Waals surface area contributed by atoms with E-state index in [4.69, 9.17) is 4.74 Å². The number of amides is 1. The van der Waals surface area contributed by atoms with E-state index in [1.54, 1.807) is 0 Å². The number of hydrogen-bond acceptors (Lipinski definition) is 5. The van der Waals surface area contributed by atoms with Crippen LogP contribution < -0.4 is 15.4 Å². The zero-order valence-electron chi connectivity index (χ0n) is 11.9. The Kier molecular flexibility index (Phi) is 3.87. The van der Waals surface area contributed by atoms with Crippen molar-refractivity contribution in [1.82, 2.24) is 5.32 Å². The lowest BCUT2D eigenvalue weighted by Gasteiger charge is -2.30. The predicted octanol–water partition coefficient (Wildman–Crippen LogP) is 1.14. The summed E-state index contributed by atoms with van der Waals surface area (Å²) >= 11 is 0. The molecule has 1 aromatic carbocycles. The molecule has 1 aliphatic heterocycles. The molecule has 1 heterocycles. The molecular formula is C14H20N2O4. The molecule has 1 aliphatic rings. The predicted molar refractivity (Wildman–Crippen MR) is 74.9 cm³/mol. The van der Waals surface area contributed by atoms with E-state index in [-0.39, 0.29) is 30.4 Å². The molecule has 0 saturated carbocycles. The highest BCUT2D eigenvalue weighted by atomic mass is 16.5. The first-order valence-corrected chi connectivity index (χ1v) is 6.48. The van der Waals surface area contributed by atoms with Gasteiger partial charge in [-0.1, -0.05) is 0 Å². The van der Waals surface area contributed by atoms with Gasteiger partial charge in [-0.15, -0.1) is 0 Å². The standard InChI is InChI=1S/C14H20N2O4/c1-14(2,3)16-11(6-17)9-4-8(18)5-10-13(9)20-7-12(19)15-10/h4-5,11,16-18H,6-7H2,1-3H3,(H,15,19). The smallest absolute Gasteiger partial charge is 0.262 e. The molecule has 1 amide bonds. The number of rotatable bonds is 3. The fourth-order valence-corrected chi connectivity index (χ4v) is 2.22. The average molecular weight is 280 g/mol. The summed E-state index contributed by atoms with van der Waals surface area (Å²) in [6.07, 6.45) is 0. The summed E-state index contributed by atoms with van der Waals surface area (Å²) in [6.45, 7) is 5.72. The molecule has 2 rings (SSSR count). The lowest BCUT2D eigenvalue weighted by atomic mass is 9.99. The molecule has 0 bridgehead atoms. The maximum atomic E-state index is 11.3. The quantitative estimate of drug-likeness (QED) is 0.666. The fraction of sp³-hybridized carbons (Fsp3) is 0.500. The highest BCUT2D eigenvalue weighted by Gasteiger charge is 2.27. The lowest BCUT2D eigenvalue weighted by Crippen LogP contribution is -2.40. The first-order valence-electron chi connectivity index (χ1n) is 6.48. The molecular weight excluding hydrogens is 260 g/mol. The Labute approximate surface area is 117 Å². The first kappa shape index (κ1) is 14.6. The van der Waals surface area contributed by atoms with Gasteiger partial charge in [0, 0.05) is 17.2 Å². The summed E-state index contributed by atoms with van der Waals surface area (Å²) in [5, 5.41) is 25.3. The topological polar surface area (TPSA) is 90.8 Å². The molecule has 1 atom stereocenters. The van der Waals surface area contributed by atoms with Crippen molar-refractivity contribution in [2.45, 2.75) is 32.4 Å². The van der Waals surface area contributed by atoms with E-state index in [9.17, 15) is 15.0 Å². The van der Waals surface area contributed by atoms with Gasteiger partial charge in [0.25, 0.3) is 5.91 Å². The number of carbonyl (C=O) groups is 1. The Hall–Kier alpha value is -1.79. The van der Waals surface area contributed by atoms with Gasteiger partial charge in [0.15, 0.2) is 6.61 Å². The van der Waals surface area contributed by atoms with Gasteiger partial charge < -0.3 is 25.6 Å². The van der Waals surface area contributed by atoms with Crippen LogP contribution in [0.1, 0.15) is 32.4 Å². The number of phenolic OH excluding ortho intramolecular Hbond substituents is 1. The number of phenols is 1. The molecule has 0 radical (unpaired) electrons. The minimum absolute atomic E-state index is 0.0127. The SMILES string of the molecule is CC(C)(C)NC(CO)c1cc(O)cc2c1OCC(=O)N2. The van der Waals surface area contributed by atoms with Gasteiger partial charge in [0.05, 0.1) is 18.3 Å². The van der Waals surface area contributed by atoms with Crippen molar-refractivity contribution in [3.05, 3.63) is 17.7 Å². The second-order valence-corrected chi connectivity index (χ2v) is 5.88. The summed E-state index contributed by atoms with van der Waals surface area (Å²) in [5.74, 6) is 0.232. The van der Waals surface area contributed by atoms with Crippen molar-refractivity contribution in [2.24, 2.45) is 0 Å². The van der Waals surface area contributed by atoms with Gasteiger partial charge in [-0.25, -0.2) is 0 Å². The Morgan fingerprint density at radius 2 is 2.15 bits per heavy atom. The zero-order valence-corrected chi connectivity index (χ0v) is 11.9. The van der Waals surface area contributed by atoms with Crippen LogP contribution in [0, 0.1) is 0 Å². The van der Waals surface area contributed by atoms with Crippen LogP contribution in [0.15, 0.2) is 12.1 Å². The number of nitrogens with one attached hydrogen (secondary N) is 2. The number of carbonyl (C=O) groups excluding carboxylic acids is 1. The van der Waals surface area contributed by atoms with Crippen molar-refractivity contribution >= 4 is 11.6 Å². The number of aliphatic hydroxyl groups excluding tert-OH is 1. The van der Waals surface area contributed by atoms with Gasteiger partial charge in [0.1, 0.15) is 11.5 Å². The van der Waals surface area contributed by atoms with E-state index in [1.807, 2.05) is 20.8 Å². The first-order chi connectivity index (χ1) is 9.30. The molecule has 6 heteroatoms. The van der Waals surface area contributed by atoms with Gasteiger partial charge in [-0.05, 0) is 26.8 Å². The third-order valence-corrected chi connectivity index (χ3v) is 2.89. The van der Waals surface area contributed by atoms with Crippen LogP contribution in [-0.2, 0) is 4.79 Å². The maximum absolute atomic E-state index is 11.3. The second kappa shape index (κ2) is 5.30. The van der Waals surface area contributed by atoms with Gasteiger partial charge in [-0.2, -0.15) is 0 Å². The Morgan fingerprint density at radius 1 is 1.45 bits per heavy atom. The zero-order chi connectivity index (χ0) is 14.9. The number of aromatic hydroxyl groups is 1. The minimum Gasteiger partial charge on any atom is -0.508 e. The molecule has 0 aromatic heterocycles. The largest absolute Gasteiger partial charge is 0.508 e. The summed E-state index contributed by atoms with van der Waals surface area (Å²) in [4.78, 5) is 11.3. The molecule has 0 saturated heterocycles. The minimum atomic E-state index is -0.397. The molecule has 20 heavy (non-hydrogen) atoms. The Bertz CT molecular complexity index is 523. The fourth-order valence-electron chi connectivity index (χ4n) is 2.22. The monoisotopic (exact) mass is 280 g/mol. The molecule has 6 nitrogen and oxygen atoms in total. The van der Waals surface area contributed by atoms with E-state index in [0.717, 1.165) is 0 Å². The van der Waals surface area contributed by atoms with Gasteiger partial charge in [0.2, 0.25) is 0 Å². The molecule has 0 fully saturated rings. The van der Waals surface area contributed by atoms with Crippen LogP contribution >= 0.6 is 0 Å². The van der Waals surface area contributed by atoms with E-state index in [1.165, 1.54) is 12.1 Å². The Morgan fingerprint density at radius 3 is 2.75 bits per heavy atom. The molecule has 110 valence electrons. The van der Waals surface area contributed by atoms with E-state index < -0.39 is 6.04 Å². The van der Waals surface area contributed by atoms with Crippen LogP contribution in [0.5, 0.6) is 11.5 Å². The van der Waals surface area contributed by atoms with Crippen molar-refractivity contribution in [2.75, 3.05) is 18.5 Å². The van der Waals surface area contributed by atoms with Crippen LogP contribution in [0.25, 0.3) is 0 Å². The molecule has 1 aromatic rings. The molecule has 0 spiro atoms. The molecule has 4 N–H and O–H groups in total. The normalized spacial score (nSPS) is 16.1. The summed E-state index contributed by atoms with van der Waals surface area (Å²) in [5.41, 5.74) is 0.826. The van der Waals surface area contributed by atoms with Gasteiger partial charge in [-0.3, -0.25) is 4.79 Å². The number of benzene rings is 1. The maximum Gasteiger partial charge on any atom is 0.262 e. The van der Waals surface area contributed by atoms with E-state index >= 15 is 0 Å². The third kappa shape index (κ3) is 3.20. The average Bonchev–Trinajstić information content (AvgIpc) is 2.33. The van der Waals surface area contributed by atoms with E-state index in [0.29, 0.717) is 17.0 Å². The van der Waals surface area contributed by atoms with Gasteiger partial charge >= 0.3 is 0 Å². The van der Waals surface area contributed by atoms with Crippen LogP contribution in [0.2, 0.25) is 0 Å². The highest BCUT2D eigenvalue weighted by molar-refractivity contribution is 5.96. The van der Waals surface area contributed by atoms with Crippen LogP contribution in [-0.4, -0.2) is 34.9 Å². The number of hydrogen-bond donors (Lipinski definition) is 4. The summed E-state index contributed by atoms with van der Waals surface area (Å²) < 4.78 is 5.44. The van der Waals surface area contributed by atoms with Crippen molar-refractivity contribution in [3.8, 4) is 11.5 Å². The number of fused-ring (bicyclic) bond motifs is 1.